The van der Waals surface area contributed by atoms with Crippen LogP contribution in [0.4, 0.5) is 10.6 Å². The van der Waals surface area contributed by atoms with Gasteiger partial charge >= 0.3 is 18.0 Å². The number of nitrogens with zero attached hydrogens (tertiary/aromatic N) is 9. The van der Waals surface area contributed by atoms with Gasteiger partial charge < -0.3 is 45.5 Å². The number of esters is 2. The van der Waals surface area contributed by atoms with E-state index >= 15 is 0 Å². The Kier molecular flexibility index (Phi) is 22.4. The highest BCUT2D eigenvalue weighted by Crippen LogP contribution is 2.41. The number of benzene rings is 1. The van der Waals surface area contributed by atoms with Crippen LogP contribution in [0.15, 0.2) is 64.0 Å². The van der Waals surface area contributed by atoms with E-state index in [4.69, 9.17) is 49.1 Å². The average molecular weight is 1380 g/mol. The van der Waals surface area contributed by atoms with Crippen molar-refractivity contribution in [3.05, 3.63) is 111 Å². The van der Waals surface area contributed by atoms with E-state index in [1.165, 1.54) is 96.4 Å². The van der Waals surface area contributed by atoms with E-state index < -0.39 is 54.3 Å². The van der Waals surface area contributed by atoms with Crippen molar-refractivity contribution in [2.75, 3.05) is 59.5 Å². The first-order chi connectivity index (χ1) is 44.8. The minimum Gasteiger partial charge on any atom is -0.469 e. The third-order valence-corrected chi connectivity index (χ3v) is 21.4. The number of fused-ring (bicyclic) bond motifs is 14. The number of nitrogens with one attached hydrogen (secondary N) is 4. The van der Waals surface area contributed by atoms with E-state index in [-0.39, 0.29) is 85.1 Å². The van der Waals surface area contributed by atoms with Crippen LogP contribution >= 0.6 is 68.0 Å². The molecule has 4 atom stereocenters. The highest BCUT2D eigenvalue weighted by molar-refractivity contribution is 7.15. The summed E-state index contributed by atoms with van der Waals surface area (Å²) in [4.78, 5) is 148. The number of aliphatic hydroxyl groups excluding tert-OH is 1. The number of aliphatic hydroxyl groups is 1. The second-order valence-electron chi connectivity index (χ2n) is 22.2. The van der Waals surface area contributed by atoms with Gasteiger partial charge in [0.15, 0.2) is 5.78 Å². The maximum Gasteiger partial charge on any atom is 0.325 e. The van der Waals surface area contributed by atoms with Gasteiger partial charge in [0.1, 0.15) is 77.2 Å². The number of unbranched alkanes of at least 4 members (excludes halogenated alkanes) is 1. The molecule has 93 heavy (non-hydrogen) atoms. The summed E-state index contributed by atoms with van der Waals surface area (Å²) in [6.07, 6.45) is 0.383. The summed E-state index contributed by atoms with van der Waals surface area (Å²) in [5.41, 5.74) is 2.76. The molecule has 0 radical (unpaired) electrons. The zero-order chi connectivity index (χ0) is 66.0. The van der Waals surface area contributed by atoms with Crippen molar-refractivity contribution in [1.82, 2.24) is 61.1 Å². The molecule has 8 aromatic rings. The molecule has 1 aromatic carbocycles. The van der Waals surface area contributed by atoms with Gasteiger partial charge in [-0.15, -0.1) is 68.0 Å². The number of hydrogen-bond acceptors (Lipinski definition) is 25. The van der Waals surface area contributed by atoms with Crippen molar-refractivity contribution < 1.29 is 57.7 Å². The first-order valence-corrected chi connectivity index (χ1v) is 34.9. The highest BCUT2D eigenvalue weighted by atomic mass is 32.1. The number of piperidine rings is 1. The lowest BCUT2D eigenvalue weighted by Gasteiger charge is -2.34. The molecular weight excluding hydrogens is 1310 g/mol. The molecule has 488 valence electrons. The van der Waals surface area contributed by atoms with Gasteiger partial charge in [-0.3, -0.25) is 38.5 Å². The number of Topliss-reactive ketones (excluding diaryl/α,β-unsaturated/α-hetero) is 1. The molecular formula is C62H67N13O12S6. The Balaban J connectivity index is 1.04. The fourth-order valence-electron chi connectivity index (χ4n) is 10.5. The molecule has 25 nitrogen and oxygen atoms in total. The molecule has 6 amide bonds. The Morgan fingerprint density at radius 1 is 0.731 bits per heavy atom. The maximum atomic E-state index is 14.5. The maximum absolute atomic E-state index is 14.5. The Bertz CT molecular complexity index is 4040. The summed E-state index contributed by atoms with van der Waals surface area (Å²) in [6, 6.07) is 9.94. The van der Waals surface area contributed by atoms with Crippen LogP contribution < -0.4 is 26.2 Å². The number of likely N-dealkylation sites (tertiary alicyclic amines) is 1. The van der Waals surface area contributed by atoms with Crippen molar-refractivity contribution in [3.8, 4) is 43.4 Å². The largest absolute Gasteiger partial charge is 0.469 e. The topological polar surface area (TPSA) is 329 Å². The molecule has 10 rings (SSSR count). The first kappa shape index (κ1) is 67.7. The number of rotatable bonds is 15. The Hall–Kier alpha value is -8.17. The predicted molar refractivity (Wildman–Crippen MR) is 353 cm³/mol. The molecule has 0 saturated carbocycles. The molecule has 31 heteroatoms. The molecule has 10 bridgehead atoms. The lowest BCUT2D eigenvalue weighted by atomic mass is 9.90. The second kappa shape index (κ2) is 30.7. The molecule has 0 aliphatic carbocycles. The van der Waals surface area contributed by atoms with Crippen LogP contribution in [0.25, 0.3) is 43.4 Å². The zero-order valence-corrected chi connectivity index (χ0v) is 56.6. The van der Waals surface area contributed by atoms with Crippen molar-refractivity contribution >= 4 is 121 Å². The van der Waals surface area contributed by atoms with Crippen molar-refractivity contribution in [1.29, 1.82) is 0 Å². The van der Waals surface area contributed by atoms with E-state index in [9.17, 15) is 43.5 Å². The number of pyridine rings is 1. The number of aromatic nitrogens is 7. The molecule has 0 spiro atoms. The van der Waals surface area contributed by atoms with Gasteiger partial charge in [0.2, 0.25) is 11.8 Å². The first-order valence-electron chi connectivity index (χ1n) is 29.7. The van der Waals surface area contributed by atoms with E-state index in [2.05, 4.69) is 21.3 Å². The van der Waals surface area contributed by atoms with Gasteiger partial charge in [0.25, 0.3) is 11.8 Å². The van der Waals surface area contributed by atoms with Crippen LogP contribution in [0.1, 0.15) is 145 Å². The summed E-state index contributed by atoms with van der Waals surface area (Å²) in [7, 11) is 5.63. The zero-order valence-electron chi connectivity index (χ0n) is 51.7. The van der Waals surface area contributed by atoms with Crippen LogP contribution in [0.5, 0.6) is 0 Å². The van der Waals surface area contributed by atoms with Crippen molar-refractivity contribution in [3.63, 3.8) is 0 Å². The lowest BCUT2D eigenvalue weighted by Crippen LogP contribution is -2.48. The Morgan fingerprint density at radius 3 is 2.17 bits per heavy atom. The summed E-state index contributed by atoms with van der Waals surface area (Å²) in [6.45, 7) is 6.01. The van der Waals surface area contributed by atoms with Gasteiger partial charge in [-0.05, 0) is 56.2 Å². The average Bonchev–Trinajstić information content (AvgIpc) is 1.80. The summed E-state index contributed by atoms with van der Waals surface area (Å²) < 4.78 is 15.3. The van der Waals surface area contributed by atoms with Crippen LogP contribution in [-0.2, 0) is 40.0 Å². The fraction of sp³-hybridized carbons (Fsp3) is 0.403. The Morgan fingerprint density at radius 2 is 1.44 bits per heavy atom. The number of carbonyl (C=O) groups is 8. The van der Waals surface area contributed by atoms with Crippen LogP contribution in [0.3, 0.4) is 0 Å². The summed E-state index contributed by atoms with van der Waals surface area (Å²) in [5.74, 6) is -3.91. The Labute approximate surface area is 558 Å². The standard InChI is InChI=1S/C62H67N13O12S6/c1-31(2)36-23-42(76)48-32(3)92-59(72-48)38(24-45(77)63-4)66-53(81)40-28-88-55(68-40)35-16-17-37(57-70-44(30-91-57)75(20-12-11-15-47(79)86-6)62(84)74-21-18-34(19-22-74)61(83)87-7)65-49(35)39-27-89-58(67-39)41-29-90-60(69-41)51(52(80)33-13-9-8-10-14-33)71-46(78)25-64-54(82)50-43(26-85-5)93-56(36)73-50/h8-10,13-14,16-17,27-31,34,36,38,51-52,80H,11-12,15,18-26H2,1-7H3,(H,63,77)(H,64,82)(H,66,81)(H,71,78)/t36-,38-,51-,52-/m0/s1. The number of methoxy groups -OCH3 is 3. The highest BCUT2D eigenvalue weighted by Gasteiger charge is 2.35. The van der Waals surface area contributed by atoms with Gasteiger partial charge in [-0.25, -0.2) is 39.7 Å². The number of anilines is 1. The molecule has 2 aliphatic heterocycles. The third-order valence-electron chi connectivity index (χ3n) is 15.6. The summed E-state index contributed by atoms with van der Waals surface area (Å²) in [5, 5.41) is 32.5. The summed E-state index contributed by atoms with van der Waals surface area (Å²) >= 11 is 7.28. The number of aryl methyl sites for hydroxylation is 1. The third kappa shape index (κ3) is 15.9. The number of ether oxygens (including phenoxy) is 3. The number of hydrogen-bond donors (Lipinski definition) is 5. The quantitative estimate of drug-likeness (QED) is 0.0471. The normalized spacial score (nSPS) is 17.0. The molecule has 1 saturated heterocycles. The molecule has 5 N–H and O–H groups in total. The number of ketones is 1. The van der Waals surface area contributed by atoms with Crippen LogP contribution in [0, 0.1) is 18.8 Å². The van der Waals surface area contributed by atoms with E-state index in [0.717, 1.165) is 0 Å². The van der Waals surface area contributed by atoms with Crippen molar-refractivity contribution in [2.24, 2.45) is 11.8 Å². The van der Waals surface area contributed by atoms with Crippen LogP contribution in [0.2, 0.25) is 0 Å². The van der Waals surface area contributed by atoms with Crippen LogP contribution in [-0.4, -0.2) is 147 Å². The lowest BCUT2D eigenvalue weighted by molar-refractivity contribution is -0.147. The van der Waals surface area contributed by atoms with Crippen molar-refractivity contribution in [2.45, 2.75) is 96.4 Å². The monoisotopic (exact) mass is 1380 g/mol. The molecule has 7 aromatic heterocycles. The molecule has 0 unspecified atom stereocenters. The number of thiazole rings is 6. The van der Waals surface area contributed by atoms with Gasteiger partial charge in [-0.2, -0.15) is 0 Å². The molecule has 1 fully saturated rings. The van der Waals surface area contributed by atoms with Gasteiger partial charge in [0.05, 0.1) is 61.3 Å². The number of carbonyl (C=O) groups excluding carboxylic acids is 8. The predicted octanol–water partition coefficient (Wildman–Crippen LogP) is 9.35. The number of urea groups is 1. The molecule has 9 heterocycles. The minimum absolute atomic E-state index is 0.0203. The van der Waals surface area contributed by atoms with E-state index in [0.29, 0.717) is 118 Å². The van der Waals surface area contributed by atoms with E-state index in [1.807, 2.05) is 13.8 Å². The second-order valence-corrected chi connectivity index (χ2v) is 28.0. The minimum atomic E-state index is -1.29. The number of amides is 6. The SMILES string of the molecule is CNC(=O)C[C@@H]1NC(=O)c2csc(n2)-c2ccc(-c3nc(N(CCCCC(=O)OC)C(=O)N4CCC(C(=O)OC)CC4)cs3)nc2-c2csc(n2)-c2csc(n2)[C@H]([C@@H](O)c2ccccc2)NC(=O)CNC(=O)c2nc(sc2COC)[C@H](C(C)C)CC(=O)c2nc1sc2C. The fourth-order valence-corrected chi connectivity index (χ4v) is 16.2. The smallest absolute Gasteiger partial charge is 0.325 e. The van der Waals surface area contributed by atoms with Gasteiger partial charge in [0, 0.05) is 84.5 Å². The van der Waals surface area contributed by atoms with E-state index in [1.54, 1.807) is 80.7 Å². The molecule has 2 aliphatic rings. The van der Waals surface area contributed by atoms with Gasteiger partial charge in [-0.1, -0.05) is 44.2 Å².